The number of benzene rings is 1. The fourth-order valence-corrected chi connectivity index (χ4v) is 3.12. The first-order chi connectivity index (χ1) is 12.0. The van der Waals surface area contributed by atoms with Crippen molar-refractivity contribution in [3.63, 3.8) is 0 Å². The zero-order chi connectivity index (χ0) is 18.1. The summed E-state index contributed by atoms with van der Waals surface area (Å²) in [6.07, 6.45) is -3.90. The van der Waals surface area contributed by atoms with Gasteiger partial charge in [-0.2, -0.15) is 0 Å². The van der Waals surface area contributed by atoms with Gasteiger partial charge in [-0.3, -0.25) is 14.5 Å². The smallest absolute Gasteiger partial charge is 0.262 e. The third-order valence-electron chi connectivity index (χ3n) is 4.35. The van der Waals surface area contributed by atoms with Gasteiger partial charge in [-0.25, -0.2) is 0 Å². The van der Waals surface area contributed by atoms with E-state index >= 15 is 0 Å². The standard InChI is InChI=1S/C17H19NO7/c1-2-7-24-17-12(14(21)13(20)11(8-19)25-17)18-15(22)9-5-3-4-6-10(9)16(18)23/h2-6,11-14,17,19-21H,1,7-8H2/t11-,12-,13+,14+,17+/m0/s1. The largest absolute Gasteiger partial charge is 0.394 e. The van der Waals surface area contributed by atoms with Gasteiger partial charge >= 0.3 is 0 Å². The van der Waals surface area contributed by atoms with Gasteiger partial charge in [0.25, 0.3) is 11.8 Å². The van der Waals surface area contributed by atoms with Crippen molar-refractivity contribution in [1.82, 2.24) is 4.90 Å². The average Bonchev–Trinajstić information content (AvgIpc) is 2.87. The molecule has 1 aromatic carbocycles. The average molecular weight is 349 g/mol. The molecule has 2 amide bonds. The number of hydrogen-bond donors (Lipinski definition) is 3. The number of rotatable bonds is 5. The fraction of sp³-hybridized carbons (Fsp3) is 0.412. The number of fused-ring (bicyclic) bond motifs is 1. The number of aliphatic hydroxyl groups is 3. The van der Waals surface area contributed by atoms with Gasteiger partial charge in [-0.15, -0.1) is 6.58 Å². The van der Waals surface area contributed by atoms with E-state index in [2.05, 4.69) is 6.58 Å². The summed E-state index contributed by atoms with van der Waals surface area (Å²) in [5.74, 6) is -1.20. The predicted molar refractivity (Wildman–Crippen MR) is 84.6 cm³/mol. The van der Waals surface area contributed by atoms with Crippen LogP contribution < -0.4 is 0 Å². The van der Waals surface area contributed by atoms with E-state index in [0.717, 1.165) is 4.90 Å². The summed E-state index contributed by atoms with van der Waals surface area (Å²) < 4.78 is 10.9. The molecule has 1 saturated heterocycles. The Kier molecular flexibility index (Phi) is 4.98. The Balaban J connectivity index is 1.96. The molecule has 8 heteroatoms. The molecule has 1 aromatic rings. The zero-order valence-corrected chi connectivity index (χ0v) is 13.3. The lowest BCUT2D eigenvalue weighted by Crippen LogP contribution is -2.65. The maximum atomic E-state index is 12.7. The molecule has 0 unspecified atom stereocenters. The van der Waals surface area contributed by atoms with Crippen LogP contribution in [0.1, 0.15) is 20.7 Å². The van der Waals surface area contributed by atoms with Crippen LogP contribution in [0.2, 0.25) is 0 Å². The summed E-state index contributed by atoms with van der Waals surface area (Å²) in [6, 6.07) is 5.02. The highest BCUT2D eigenvalue weighted by atomic mass is 16.7. The van der Waals surface area contributed by atoms with Crippen molar-refractivity contribution in [2.45, 2.75) is 30.6 Å². The lowest BCUT2D eigenvalue weighted by molar-refractivity contribution is -0.276. The molecule has 0 aliphatic carbocycles. The van der Waals surface area contributed by atoms with Gasteiger partial charge in [0, 0.05) is 0 Å². The number of carbonyl (C=O) groups is 2. The van der Waals surface area contributed by atoms with E-state index in [4.69, 9.17) is 9.47 Å². The summed E-state index contributed by atoms with van der Waals surface area (Å²) in [4.78, 5) is 26.2. The molecule has 1 fully saturated rings. The molecular weight excluding hydrogens is 330 g/mol. The van der Waals surface area contributed by atoms with Crippen molar-refractivity contribution < 1.29 is 34.4 Å². The van der Waals surface area contributed by atoms with Gasteiger partial charge in [0.05, 0.1) is 24.3 Å². The summed E-state index contributed by atoms with van der Waals surface area (Å²) in [7, 11) is 0. The van der Waals surface area contributed by atoms with Crippen LogP contribution in [0.25, 0.3) is 0 Å². The molecule has 134 valence electrons. The topological polar surface area (TPSA) is 117 Å². The van der Waals surface area contributed by atoms with Crippen LogP contribution >= 0.6 is 0 Å². The van der Waals surface area contributed by atoms with Crippen molar-refractivity contribution in [3.05, 3.63) is 48.0 Å². The number of ether oxygens (including phenoxy) is 2. The second-order valence-corrected chi connectivity index (χ2v) is 5.85. The molecule has 2 aliphatic heterocycles. The lowest BCUT2D eigenvalue weighted by atomic mass is 9.95. The molecule has 8 nitrogen and oxygen atoms in total. The fourth-order valence-electron chi connectivity index (χ4n) is 3.12. The molecule has 25 heavy (non-hydrogen) atoms. The molecule has 0 aromatic heterocycles. The van der Waals surface area contributed by atoms with Gasteiger partial charge in [-0.1, -0.05) is 18.2 Å². The number of hydrogen-bond acceptors (Lipinski definition) is 7. The van der Waals surface area contributed by atoms with E-state index in [1.807, 2.05) is 0 Å². The quantitative estimate of drug-likeness (QED) is 0.475. The second-order valence-electron chi connectivity index (χ2n) is 5.85. The minimum absolute atomic E-state index is 0.0330. The number of imide groups is 1. The Labute approximate surface area is 143 Å². The molecule has 0 bridgehead atoms. The highest BCUT2D eigenvalue weighted by Crippen LogP contribution is 2.32. The molecular formula is C17H19NO7. The van der Waals surface area contributed by atoms with Crippen molar-refractivity contribution >= 4 is 11.8 Å². The lowest BCUT2D eigenvalue weighted by Gasteiger charge is -2.44. The zero-order valence-electron chi connectivity index (χ0n) is 13.3. The molecule has 3 N–H and O–H groups in total. The Morgan fingerprint density at radius 1 is 1.16 bits per heavy atom. The van der Waals surface area contributed by atoms with Gasteiger partial charge in [0.15, 0.2) is 6.29 Å². The van der Waals surface area contributed by atoms with Crippen molar-refractivity contribution in [2.24, 2.45) is 0 Å². The third kappa shape index (κ3) is 2.88. The van der Waals surface area contributed by atoms with Crippen LogP contribution in [0.3, 0.4) is 0 Å². The van der Waals surface area contributed by atoms with E-state index in [1.54, 1.807) is 12.1 Å². The van der Waals surface area contributed by atoms with Gasteiger partial charge in [0.2, 0.25) is 0 Å². The highest BCUT2D eigenvalue weighted by Gasteiger charge is 2.53. The van der Waals surface area contributed by atoms with E-state index in [9.17, 15) is 24.9 Å². The Bertz CT molecular complexity index is 656. The summed E-state index contributed by atoms with van der Waals surface area (Å²) in [6.45, 7) is 2.99. The molecule has 3 rings (SSSR count). The Hall–Kier alpha value is -2.10. The monoisotopic (exact) mass is 349 g/mol. The number of amides is 2. The first kappa shape index (κ1) is 17.7. The maximum Gasteiger partial charge on any atom is 0.262 e. The predicted octanol–water partition coefficient (Wildman–Crippen LogP) is -0.707. The molecule has 0 spiro atoms. The van der Waals surface area contributed by atoms with Crippen LogP contribution in [0.5, 0.6) is 0 Å². The molecule has 0 saturated carbocycles. The number of carbonyl (C=O) groups excluding carboxylic acids is 2. The van der Waals surface area contributed by atoms with Crippen LogP contribution in [0.15, 0.2) is 36.9 Å². The minimum atomic E-state index is -1.54. The van der Waals surface area contributed by atoms with Gasteiger partial charge < -0.3 is 24.8 Å². The van der Waals surface area contributed by atoms with Crippen molar-refractivity contribution in [3.8, 4) is 0 Å². The number of aliphatic hydroxyl groups excluding tert-OH is 3. The summed E-state index contributed by atoms with van der Waals surface area (Å²) >= 11 is 0. The van der Waals surface area contributed by atoms with Gasteiger partial charge in [0.1, 0.15) is 24.4 Å². The summed E-state index contributed by atoms with van der Waals surface area (Å²) in [5.41, 5.74) is 0.418. The second kappa shape index (κ2) is 7.03. The van der Waals surface area contributed by atoms with Crippen LogP contribution in [0, 0.1) is 0 Å². The molecule has 2 aliphatic rings. The first-order valence-electron chi connectivity index (χ1n) is 7.83. The van der Waals surface area contributed by atoms with E-state index in [-0.39, 0.29) is 17.7 Å². The van der Waals surface area contributed by atoms with Crippen molar-refractivity contribution in [2.75, 3.05) is 13.2 Å². The third-order valence-corrected chi connectivity index (χ3v) is 4.35. The highest BCUT2D eigenvalue weighted by molar-refractivity contribution is 6.21. The van der Waals surface area contributed by atoms with Gasteiger partial charge in [-0.05, 0) is 12.1 Å². The Morgan fingerprint density at radius 2 is 1.76 bits per heavy atom. The molecule has 5 atom stereocenters. The maximum absolute atomic E-state index is 12.7. The van der Waals surface area contributed by atoms with E-state index in [1.165, 1.54) is 18.2 Å². The van der Waals surface area contributed by atoms with E-state index < -0.39 is 49.1 Å². The number of nitrogens with zero attached hydrogens (tertiary/aromatic N) is 1. The molecule has 2 heterocycles. The van der Waals surface area contributed by atoms with E-state index in [0.29, 0.717) is 0 Å². The summed E-state index contributed by atoms with van der Waals surface area (Å²) in [5, 5.41) is 29.9. The Morgan fingerprint density at radius 3 is 2.28 bits per heavy atom. The van der Waals surface area contributed by atoms with Crippen molar-refractivity contribution in [1.29, 1.82) is 0 Å². The van der Waals surface area contributed by atoms with Crippen LogP contribution in [0.4, 0.5) is 0 Å². The molecule has 0 radical (unpaired) electrons. The van der Waals surface area contributed by atoms with Crippen LogP contribution in [-0.2, 0) is 9.47 Å². The van der Waals surface area contributed by atoms with Crippen LogP contribution in [-0.4, -0.2) is 75.9 Å². The normalized spacial score (nSPS) is 32.0. The first-order valence-corrected chi connectivity index (χ1v) is 7.83. The SMILES string of the molecule is C=CCO[C@@H]1O[C@@H](CO)[C@@H](O)[C@H](O)[C@@H]1N1C(=O)c2ccccc2C1=O. The minimum Gasteiger partial charge on any atom is -0.394 e.